The molecule has 2 atom stereocenters. The van der Waals surface area contributed by atoms with Gasteiger partial charge in [0, 0.05) is 24.1 Å². The van der Waals surface area contributed by atoms with Gasteiger partial charge in [-0.2, -0.15) is 0 Å². The van der Waals surface area contributed by atoms with E-state index in [1.807, 2.05) is 0 Å². The van der Waals surface area contributed by atoms with E-state index in [0.717, 1.165) is 5.56 Å². The van der Waals surface area contributed by atoms with Gasteiger partial charge in [-0.3, -0.25) is 0 Å². The third-order valence-corrected chi connectivity index (χ3v) is 3.20. The lowest BCUT2D eigenvalue weighted by Gasteiger charge is -2.31. The van der Waals surface area contributed by atoms with Crippen molar-refractivity contribution in [3.05, 3.63) is 53.6 Å². The van der Waals surface area contributed by atoms with Gasteiger partial charge in [0.05, 0.1) is 6.10 Å². The largest absolute Gasteiger partial charge is 0.508 e. The third kappa shape index (κ3) is 2.11. The van der Waals surface area contributed by atoms with Crippen molar-refractivity contribution in [1.82, 2.24) is 0 Å². The Morgan fingerprint density at radius 2 is 2.05 bits per heavy atom. The predicted octanol–water partition coefficient (Wildman–Crippen LogP) is 1.74. The van der Waals surface area contributed by atoms with Gasteiger partial charge >= 0.3 is 0 Å². The fourth-order valence-corrected chi connectivity index (χ4v) is 2.28. The summed E-state index contributed by atoms with van der Waals surface area (Å²) in [6.45, 7) is 0. The molecule has 3 N–H and O–H groups in total. The molecule has 96 valence electrons. The highest BCUT2D eigenvalue weighted by molar-refractivity contribution is 5.51. The van der Waals surface area contributed by atoms with Gasteiger partial charge < -0.3 is 20.1 Å². The average molecular weight is 256 g/mol. The van der Waals surface area contributed by atoms with E-state index in [1.165, 1.54) is 12.1 Å². The Bertz CT molecular complexity index is 595. The number of rotatable bonds is 1. The molecular weight excluding hydrogens is 244 g/mol. The van der Waals surface area contributed by atoms with Gasteiger partial charge in [0.15, 0.2) is 0 Å². The molecule has 0 bridgehead atoms. The monoisotopic (exact) mass is 256 g/mol. The van der Waals surface area contributed by atoms with Crippen molar-refractivity contribution in [2.24, 2.45) is 0 Å². The van der Waals surface area contributed by atoms with E-state index in [0.29, 0.717) is 11.3 Å². The zero-order valence-electron chi connectivity index (χ0n) is 10.00. The van der Waals surface area contributed by atoms with Gasteiger partial charge in [0.25, 0.3) is 0 Å². The summed E-state index contributed by atoms with van der Waals surface area (Å²) < 4.78 is 5.69. The van der Waals surface area contributed by atoms with Crippen LogP contribution in [-0.4, -0.2) is 21.4 Å². The van der Waals surface area contributed by atoms with Crippen LogP contribution in [0.5, 0.6) is 17.2 Å². The third-order valence-electron chi connectivity index (χ3n) is 3.20. The highest BCUT2D eigenvalue weighted by atomic mass is 16.5. The Morgan fingerprint density at radius 1 is 1.21 bits per heavy atom. The second-order valence-corrected chi connectivity index (χ2v) is 4.52. The van der Waals surface area contributed by atoms with Crippen LogP contribution in [0.4, 0.5) is 0 Å². The molecule has 4 heteroatoms. The number of aliphatic hydroxyl groups is 1. The van der Waals surface area contributed by atoms with E-state index in [1.54, 1.807) is 18.2 Å². The van der Waals surface area contributed by atoms with Crippen molar-refractivity contribution in [2.75, 3.05) is 0 Å². The van der Waals surface area contributed by atoms with Crippen LogP contribution in [0.15, 0.2) is 30.3 Å². The molecule has 2 aromatic rings. The minimum atomic E-state index is -0.765. The molecule has 4 nitrogen and oxygen atoms in total. The van der Waals surface area contributed by atoms with E-state index < -0.39 is 12.2 Å². The van der Waals surface area contributed by atoms with Crippen LogP contribution < -0.4 is 4.74 Å². The summed E-state index contributed by atoms with van der Waals surface area (Å²) in [5.41, 5.74) is 1.28. The molecule has 0 saturated carbocycles. The summed E-state index contributed by atoms with van der Waals surface area (Å²) in [5, 5.41) is 29.4. The van der Waals surface area contributed by atoms with Crippen LogP contribution in [0, 0.1) is 12.1 Å². The molecule has 1 aliphatic rings. The van der Waals surface area contributed by atoms with Gasteiger partial charge in [-0.1, -0.05) is 12.1 Å². The number of hydrogen-bond donors (Lipinski definition) is 3. The number of hydrogen-bond acceptors (Lipinski definition) is 4. The van der Waals surface area contributed by atoms with Crippen LogP contribution >= 0.6 is 0 Å². The molecule has 2 radical (unpaired) electrons. The van der Waals surface area contributed by atoms with Gasteiger partial charge in [-0.15, -0.1) is 0 Å². The number of aromatic hydroxyl groups is 2. The summed E-state index contributed by atoms with van der Waals surface area (Å²) in [4.78, 5) is 0. The molecule has 1 aliphatic heterocycles. The molecule has 0 unspecified atom stereocenters. The summed E-state index contributed by atoms with van der Waals surface area (Å²) in [6, 6.07) is 13.4. The molecule has 0 aromatic heterocycles. The molecule has 0 fully saturated rings. The fraction of sp³-hybridized carbons (Fsp3) is 0.200. The molecule has 2 aromatic carbocycles. The molecule has 0 saturated heterocycles. The maximum Gasteiger partial charge on any atom is 0.150 e. The lowest BCUT2D eigenvalue weighted by atomic mass is 9.94. The van der Waals surface area contributed by atoms with Crippen molar-refractivity contribution < 1.29 is 20.1 Å². The normalized spacial score (nSPS) is 21.5. The summed E-state index contributed by atoms with van der Waals surface area (Å²) in [5.74, 6) is 0.250. The number of aliphatic hydroxyl groups excluding tert-OH is 1. The molecular formula is C15H12O4. The summed E-state index contributed by atoms with van der Waals surface area (Å²) in [7, 11) is 0. The molecule has 19 heavy (non-hydrogen) atoms. The maximum absolute atomic E-state index is 10.1. The molecule has 0 spiro atoms. The Hall–Kier alpha value is -2.20. The van der Waals surface area contributed by atoms with E-state index in [2.05, 4.69) is 12.1 Å². The minimum absolute atomic E-state index is 0.0690. The molecule has 0 aliphatic carbocycles. The number of ether oxygens (including phenoxy) is 1. The SMILES string of the molecule is Oc1cc(O)c2c(c1)O[C@H](c1c[c][c]cc1)[C@H](O)C2. The predicted molar refractivity (Wildman–Crippen MR) is 67.0 cm³/mol. The van der Waals surface area contributed by atoms with Crippen LogP contribution in [0.1, 0.15) is 17.2 Å². The number of benzene rings is 2. The van der Waals surface area contributed by atoms with Gasteiger partial charge in [0.2, 0.25) is 0 Å². The van der Waals surface area contributed by atoms with Gasteiger partial charge in [-0.05, 0) is 23.8 Å². The van der Waals surface area contributed by atoms with Crippen molar-refractivity contribution in [1.29, 1.82) is 0 Å². The highest BCUT2D eigenvalue weighted by Gasteiger charge is 2.31. The Morgan fingerprint density at radius 3 is 2.79 bits per heavy atom. The van der Waals surface area contributed by atoms with Crippen molar-refractivity contribution in [3.8, 4) is 17.2 Å². The standard InChI is InChI=1S/C15H12O4/c16-10-6-12(17)11-8-13(18)15(19-14(11)7-10)9-4-2-1-3-5-9/h2,4-7,13,15-18H,8H2/t13-,15-/m1/s1. The van der Waals surface area contributed by atoms with Gasteiger partial charge in [0.1, 0.15) is 23.4 Å². The Balaban J connectivity index is 2.00. The lowest BCUT2D eigenvalue weighted by molar-refractivity contribution is 0.0198. The zero-order valence-corrected chi connectivity index (χ0v) is 10.00. The quantitative estimate of drug-likeness (QED) is 0.726. The zero-order chi connectivity index (χ0) is 13.4. The minimum Gasteiger partial charge on any atom is -0.508 e. The molecule has 1 heterocycles. The van der Waals surface area contributed by atoms with Gasteiger partial charge in [-0.25, -0.2) is 0 Å². The molecule has 3 rings (SSSR count). The summed E-state index contributed by atoms with van der Waals surface area (Å²) in [6.07, 6.45) is -1.04. The summed E-state index contributed by atoms with van der Waals surface area (Å²) >= 11 is 0. The molecule has 0 amide bonds. The second-order valence-electron chi connectivity index (χ2n) is 4.52. The Kier molecular flexibility index (Phi) is 2.80. The van der Waals surface area contributed by atoms with Crippen molar-refractivity contribution >= 4 is 0 Å². The van der Waals surface area contributed by atoms with Crippen LogP contribution in [0.3, 0.4) is 0 Å². The number of phenolic OH excluding ortho intramolecular Hbond substituents is 2. The topological polar surface area (TPSA) is 69.9 Å². The second kappa shape index (κ2) is 4.48. The maximum atomic E-state index is 10.1. The van der Waals surface area contributed by atoms with Crippen molar-refractivity contribution in [3.63, 3.8) is 0 Å². The number of phenols is 2. The van der Waals surface area contributed by atoms with Crippen LogP contribution in [0.25, 0.3) is 0 Å². The van der Waals surface area contributed by atoms with Crippen molar-refractivity contribution in [2.45, 2.75) is 18.6 Å². The van der Waals surface area contributed by atoms with Crippen LogP contribution in [-0.2, 0) is 6.42 Å². The average Bonchev–Trinajstić information content (AvgIpc) is 2.40. The first-order valence-electron chi connectivity index (χ1n) is 5.92. The highest BCUT2D eigenvalue weighted by Crippen LogP contribution is 2.41. The first-order valence-corrected chi connectivity index (χ1v) is 5.92. The fourth-order valence-electron chi connectivity index (χ4n) is 2.28. The Labute approximate surface area is 110 Å². The van der Waals surface area contributed by atoms with Crippen LogP contribution in [0.2, 0.25) is 0 Å². The first-order chi connectivity index (χ1) is 9.15. The van der Waals surface area contributed by atoms with E-state index >= 15 is 0 Å². The van der Waals surface area contributed by atoms with E-state index in [9.17, 15) is 15.3 Å². The smallest absolute Gasteiger partial charge is 0.150 e. The van der Waals surface area contributed by atoms with E-state index in [4.69, 9.17) is 4.74 Å². The first kappa shape index (κ1) is 11.9. The lowest BCUT2D eigenvalue weighted by Crippen LogP contribution is -2.30. The van der Waals surface area contributed by atoms with E-state index in [-0.39, 0.29) is 17.9 Å². The number of fused-ring (bicyclic) bond motifs is 1.